The molecule has 0 unspecified atom stereocenters. The van der Waals surface area contributed by atoms with E-state index >= 15 is 0 Å². The number of halogens is 1. The second kappa shape index (κ2) is 12.4. The number of anilines is 1. The average Bonchev–Trinajstić information content (AvgIpc) is 2.90. The molecule has 0 aliphatic rings. The topological polar surface area (TPSA) is 96.0 Å². The summed E-state index contributed by atoms with van der Waals surface area (Å²) >= 11 is 0. The van der Waals surface area contributed by atoms with Crippen molar-refractivity contribution in [1.82, 2.24) is 10.2 Å². The zero-order valence-electron chi connectivity index (χ0n) is 20.9. The third-order valence-corrected chi connectivity index (χ3v) is 7.52. The first kappa shape index (κ1) is 27.7. The minimum absolute atomic E-state index is 0.0492. The van der Waals surface area contributed by atoms with Crippen LogP contribution in [0.15, 0.2) is 83.8 Å². The summed E-state index contributed by atoms with van der Waals surface area (Å²) in [5.74, 6) is -0.954. The molecule has 0 radical (unpaired) electrons. The summed E-state index contributed by atoms with van der Waals surface area (Å²) in [5.41, 5.74) is 0.962. The highest BCUT2D eigenvalue weighted by Gasteiger charge is 2.32. The van der Waals surface area contributed by atoms with Gasteiger partial charge in [-0.25, -0.2) is 12.8 Å². The highest BCUT2D eigenvalue weighted by Crippen LogP contribution is 2.25. The molecule has 0 saturated heterocycles. The summed E-state index contributed by atoms with van der Waals surface area (Å²) in [7, 11) is -2.72. The van der Waals surface area contributed by atoms with Crippen molar-refractivity contribution in [2.75, 3.05) is 24.5 Å². The number of rotatable bonds is 11. The Hall–Kier alpha value is -3.92. The van der Waals surface area contributed by atoms with Gasteiger partial charge in [0, 0.05) is 13.1 Å². The van der Waals surface area contributed by atoms with E-state index in [9.17, 15) is 22.4 Å². The molecule has 37 heavy (non-hydrogen) atoms. The molecule has 0 spiro atoms. The Morgan fingerprint density at radius 2 is 1.68 bits per heavy atom. The van der Waals surface area contributed by atoms with Gasteiger partial charge in [0.2, 0.25) is 11.8 Å². The number of benzene rings is 3. The lowest BCUT2D eigenvalue weighted by Gasteiger charge is -2.32. The Balaban J connectivity index is 2.00. The molecule has 2 amide bonds. The van der Waals surface area contributed by atoms with Crippen LogP contribution in [0, 0.1) is 5.82 Å². The van der Waals surface area contributed by atoms with E-state index in [0.717, 1.165) is 28.6 Å². The van der Waals surface area contributed by atoms with Gasteiger partial charge in [0.15, 0.2) is 0 Å². The highest BCUT2D eigenvalue weighted by molar-refractivity contribution is 7.92. The van der Waals surface area contributed by atoms with Crippen LogP contribution in [0.2, 0.25) is 0 Å². The lowest BCUT2D eigenvalue weighted by molar-refractivity contribution is -0.139. The van der Waals surface area contributed by atoms with Gasteiger partial charge in [-0.1, -0.05) is 30.3 Å². The molecule has 0 aliphatic heterocycles. The van der Waals surface area contributed by atoms with E-state index in [1.54, 1.807) is 68.4 Å². The summed E-state index contributed by atoms with van der Waals surface area (Å²) < 4.78 is 46.9. The van der Waals surface area contributed by atoms with Gasteiger partial charge in [-0.3, -0.25) is 13.9 Å². The van der Waals surface area contributed by atoms with Crippen LogP contribution in [0.1, 0.15) is 19.4 Å². The van der Waals surface area contributed by atoms with Gasteiger partial charge < -0.3 is 15.0 Å². The van der Waals surface area contributed by atoms with Gasteiger partial charge in [-0.2, -0.15) is 0 Å². The standard InChI is InChI=1S/C27H30FN3O5S/c1-4-29-27(33)20(2)30(18-21-9-8-12-24(17-21)36-3)26(32)19-31(23-10-6-5-7-11-23)37(34,35)25-15-13-22(28)14-16-25/h5-17,20H,4,18-19H2,1-3H3,(H,29,33)/t20-/m0/s1. The van der Waals surface area contributed by atoms with Crippen LogP contribution in [-0.2, 0) is 26.2 Å². The molecule has 8 nitrogen and oxygen atoms in total. The Morgan fingerprint density at radius 3 is 2.30 bits per heavy atom. The van der Waals surface area contributed by atoms with Crippen molar-refractivity contribution in [2.45, 2.75) is 31.3 Å². The smallest absolute Gasteiger partial charge is 0.264 e. The molecule has 1 atom stereocenters. The van der Waals surface area contributed by atoms with Gasteiger partial charge in [-0.05, 0) is 67.9 Å². The van der Waals surface area contributed by atoms with Crippen molar-refractivity contribution in [3.63, 3.8) is 0 Å². The summed E-state index contributed by atoms with van der Waals surface area (Å²) in [4.78, 5) is 27.6. The molecule has 3 aromatic carbocycles. The van der Waals surface area contributed by atoms with Crippen molar-refractivity contribution >= 4 is 27.5 Å². The van der Waals surface area contributed by atoms with Crippen molar-refractivity contribution in [3.8, 4) is 5.75 Å². The minimum Gasteiger partial charge on any atom is -0.497 e. The van der Waals surface area contributed by atoms with E-state index in [0.29, 0.717) is 17.9 Å². The number of methoxy groups -OCH3 is 1. The zero-order chi connectivity index (χ0) is 27.0. The molecule has 0 heterocycles. The summed E-state index contributed by atoms with van der Waals surface area (Å²) in [6, 6.07) is 18.7. The van der Waals surface area contributed by atoms with Crippen molar-refractivity contribution in [2.24, 2.45) is 0 Å². The lowest BCUT2D eigenvalue weighted by atomic mass is 10.1. The number of hydrogen-bond acceptors (Lipinski definition) is 5. The molecular formula is C27H30FN3O5S. The molecule has 0 saturated carbocycles. The van der Waals surface area contributed by atoms with E-state index in [-0.39, 0.29) is 23.0 Å². The Morgan fingerprint density at radius 1 is 1.00 bits per heavy atom. The SMILES string of the molecule is CCNC(=O)[C@H](C)N(Cc1cccc(OC)c1)C(=O)CN(c1ccccc1)S(=O)(=O)c1ccc(F)cc1. The lowest BCUT2D eigenvalue weighted by Crippen LogP contribution is -2.51. The molecule has 0 aliphatic carbocycles. The van der Waals surface area contributed by atoms with E-state index < -0.39 is 34.3 Å². The quantitative estimate of drug-likeness (QED) is 0.411. The van der Waals surface area contributed by atoms with E-state index in [2.05, 4.69) is 5.32 Å². The van der Waals surface area contributed by atoms with Gasteiger partial charge in [0.25, 0.3) is 10.0 Å². The first-order valence-corrected chi connectivity index (χ1v) is 13.1. The van der Waals surface area contributed by atoms with Gasteiger partial charge in [0.05, 0.1) is 17.7 Å². The fourth-order valence-electron chi connectivity index (χ4n) is 3.73. The van der Waals surface area contributed by atoms with Crippen molar-refractivity contribution in [3.05, 3.63) is 90.2 Å². The third kappa shape index (κ3) is 6.85. The summed E-state index contributed by atoms with van der Waals surface area (Å²) in [6.07, 6.45) is 0. The minimum atomic E-state index is -4.24. The molecule has 0 fully saturated rings. The van der Waals surface area contributed by atoms with Crippen LogP contribution in [0.4, 0.5) is 10.1 Å². The maximum absolute atomic E-state index is 13.7. The Labute approximate surface area is 216 Å². The second-order valence-corrected chi connectivity index (χ2v) is 10.1. The number of nitrogens with zero attached hydrogens (tertiary/aromatic N) is 2. The molecule has 0 bridgehead atoms. The molecule has 10 heteroatoms. The number of sulfonamides is 1. The Kier molecular flexibility index (Phi) is 9.24. The number of para-hydroxylation sites is 1. The molecule has 196 valence electrons. The first-order valence-electron chi connectivity index (χ1n) is 11.7. The normalized spacial score (nSPS) is 11.9. The van der Waals surface area contributed by atoms with Crippen LogP contribution in [0.5, 0.6) is 5.75 Å². The van der Waals surface area contributed by atoms with Crippen molar-refractivity contribution < 1.29 is 27.1 Å². The van der Waals surface area contributed by atoms with Crippen molar-refractivity contribution in [1.29, 1.82) is 0 Å². The average molecular weight is 528 g/mol. The second-order valence-electron chi connectivity index (χ2n) is 8.24. The maximum atomic E-state index is 13.7. The summed E-state index contributed by atoms with van der Waals surface area (Å²) in [5, 5.41) is 2.71. The van der Waals surface area contributed by atoms with E-state index in [1.807, 2.05) is 0 Å². The van der Waals surface area contributed by atoms with Crippen LogP contribution >= 0.6 is 0 Å². The van der Waals surface area contributed by atoms with Crippen LogP contribution in [-0.4, -0.2) is 51.4 Å². The predicted molar refractivity (Wildman–Crippen MR) is 139 cm³/mol. The summed E-state index contributed by atoms with van der Waals surface area (Å²) in [6.45, 7) is 3.21. The molecule has 0 aromatic heterocycles. The number of hydrogen-bond donors (Lipinski definition) is 1. The molecule has 1 N–H and O–H groups in total. The Bertz CT molecular complexity index is 1320. The van der Waals surface area contributed by atoms with E-state index in [1.165, 1.54) is 12.0 Å². The third-order valence-electron chi connectivity index (χ3n) is 5.73. The molecular weight excluding hydrogens is 497 g/mol. The number of ether oxygens (including phenoxy) is 1. The fraction of sp³-hybridized carbons (Fsp3) is 0.259. The van der Waals surface area contributed by atoms with Crippen LogP contribution in [0.3, 0.4) is 0 Å². The first-order chi connectivity index (χ1) is 17.7. The number of likely N-dealkylation sites (N-methyl/N-ethyl adjacent to an activating group) is 1. The van der Waals surface area contributed by atoms with Gasteiger partial charge >= 0.3 is 0 Å². The van der Waals surface area contributed by atoms with Gasteiger partial charge in [0.1, 0.15) is 24.2 Å². The van der Waals surface area contributed by atoms with Crippen LogP contribution in [0.25, 0.3) is 0 Å². The number of nitrogens with one attached hydrogen (secondary N) is 1. The fourth-order valence-corrected chi connectivity index (χ4v) is 5.14. The maximum Gasteiger partial charge on any atom is 0.264 e. The largest absolute Gasteiger partial charge is 0.497 e. The molecule has 3 aromatic rings. The molecule has 3 rings (SSSR count). The number of carbonyl (C=O) groups is 2. The number of carbonyl (C=O) groups excluding carboxylic acids is 2. The number of amides is 2. The van der Waals surface area contributed by atoms with Gasteiger partial charge in [-0.15, -0.1) is 0 Å². The zero-order valence-corrected chi connectivity index (χ0v) is 21.7. The highest BCUT2D eigenvalue weighted by atomic mass is 32.2. The monoisotopic (exact) mass is 527 g/mol. The predicted octanol–water partition coefficient (Wildman–Crippen LogP) is 3.58. The van der Waals surface area contributed by atoms with Crippen LogP contribution < -0.4 is 14.4 Å². The van der Waals surface area contributed by atoms with E-state index in [4.69, 9.17) is 4.74 Å².